The zero-order chi connectivity index (χ0) is 20.4. The van der Waals surface area contributed by atoms with Crippen molar-refractivity contribution in [3.05, 3.63) is 69.9 Å². The molecule has 4 rings (SSSR count). The first kappa shape index (κ1) is 18.9. The minimum absolute atomic E-state index is 0.0135. The molecular weight excluding hydrogens is 386 g/mol. The quantitative estimate of drug-likeness (QED) is 0.504. The van der Waals surface area contributed by atoms with Crippen LogP contribution in [0.25, 0.3) is 11.1 Å². The summed E-state index contributed by atoms with van der Waals surface area (Å²) in [6, 6.07) is 15.4. The van der Waals surface area contributed by atoms with E-state index in [1.165, 1.54) is 16.9 Å². The number of rotatable bonds is 4. The van der Waals surface area contributed by atoms with Gasteiger partial charge in [-0.1, -0.05) is 29.8 Å². The third kappa shape index (κ3) is 4.05. The van der Waals surface area contributed by atoms with Crippen molar-refractivity contribution in [2.75, 3.05) is 11.9 Å². The standard InChI is InChI=1S/C22H19N3O3S/c1-13-3-5-15(6-4-13)17-9-10-29-21(17)22(27)25-24-14(2)16-7-8-19-18(11-16)23-20(26)12-28-19/h3-11H,12H2,1-2H3,(H,23,26)(H,25,27)/b24-14-. The number of nitrogens with zero attached hydrogens (tertiary/aromatic N) is 1. The highest BCUT2D eigenvalue weighted by Gasteiger charge is 2.17. The van der Waals surface area contributed by atoms with Crippen LogP contribution < -0.4 is 15.5 Å². The SMILES string of the molecule is C/C(=N/NC(=O)c1sccc1-c1ccc(C)cc1)c1ccc2c(c1)NC(=O)CO2. The van der Waals surface area contributed by atoms with Gasteiger partial charge in [0, 0.05) is 5.56 Å². The Balaban J connectivity index is 1.52. The summed E-state index contributed by atoms with van der Waals surface area (Å²) in [6.45, 7) is 3.84. The summed E-state index contributed by atoms with van der Waals surface area (Å²) in [5, 5.41) is 8.90. The average Bonchev–Trinajstić information content (AvgIpc) is 3.21. The number of fused-ring (bicyclic) bond motifs is 1. The van der Waals surface area contributed by atoms with E-state index in [-0.39, 0.29) is 18.4 Å². The minimum Gasteiger partial charge on any atom is -0.482 e. The van der Waals surface area contributed by atoms with Crippen LogP contribution in [0.5, 0.6) is 5.75 Å². The molecular formula is C22H19N3O3S. The molecule has 6 nitrogen and oxygen atoms in total. The smallest absolute Gasteiger partial charge is 0.282 e. The average molecular weight is 405 g/mol. The van der Waals surface area contributed by atoms with Crippen molar-refractivity contribution in [3.63, 3.8) is 0 Å². The van der Waals surface area contributed by atoms with Gasteiger partial charge in [-0.15, -0.1) is 11.3 Å². The molecule has 146 valence electrons. The summed E-state index contributed by atoms with van der Waals surface area (Å²) >= 11 is 1.38. The summed E-state index contributed by atoms with van der Waals surface area (Å²) in [6.07, 6.45) is 0. The van der Waals surface area contributed by atoms with Crippen molar-refractivity contribution < 1.29 is 14.3 Å². The van der Waals surface area contributed by atoms with Crippen LogP contribution in [-0.2, 0) is 4.79 Å². The Kier molecular flexibility index (Phi) is 5.14. The minimum atomic E-state index is -0.260. The van der Waals surface area contributed by atoms with E-state index < -0.39 is 0 Å². The van der Waals surface area contributed by atoms with Crippen LogP contribution in [0.15, 0.2) is 59.0 Å². The van der Waals surface area contributed by atoms with Gasteiger partial charge < -0.3 is 10.1 Å². The number of hydrazone groups is 1. The fraction of sp³-hybridized carbons (Fsp3) is 0.136. The van der Waals surface area contributed by atoms with Crippen LogP contribution in [0.2, 0.25) is 0 Å². The largest absolute Gasteiger partial charge is 0.482 e. The summed E-state index contributed by atoms with van der Waals surface area (Å²) in [5.41, 5.74) is 7.67. The molecule has 0 saturated heterocycles. The Labute approximate surface area is 172 Å². The number of hydrogen-bond acceptors (Lipinski definition) is 5. The molecule has 0 aliphatic carbocycles. The van der Waals surface area contributed by atoms with E-state index in [0.29, 0.717) is 22.0 Å². The Morgan fingerprint density at radius 2 is 1.97 bits per heavy atom. The topological polar surface area (TPSA) is 79.8 Å². The van der Waals surface area contributed by atoms with E-state index in [2.05, 4.69) is 15.8 Å². The molecule has 0 spiro atoms. The van der Waals surface area contributed by atoms with Gasteiger partial charge >= 0.3 is 0 Å². The number of benzene rings is 2. The summed E-state index contributed by atoms with van der Waals surface area (Å²) in [4.78, 5) is 24.8. The lowest BCUT2D eigenvalue weighted by atomic mass is 10.1. The molecule has 0 bridgehead atoms. The molecule has 0 atom stereocenters. The van der Waals surface area contributed by atoms with E-state index in [4.69, 9.17) is 4.74 Å². The predicted molar refractivity (Wildman–Crippen MR) is 115 cm³/mol. The second kappa shape index (κ2) is 7.89. The summed E-state index contributed by atoms with van der Waals surface area (Å²) in [5.74, 6) is 0.162. The first-order valence-electron chi connectivity index (χ1n) is 9.07. The van der Waals surface area contributed by atoms with Crippen LogP contribution in [0.1, 0.15) is 27.7 Å². The van der Waals surface area contributed by atoms with E-state index in [1.807, 2.05) is 48.7 Å². The monoisotopic (exact) mass is 405 g/mol. The van der Waals surface area contributed by atoms with Gasteiger partial charge in [0.25, 0.3) is 11.8 Å². The number of carbonyl (C=O) groups excluding carboxylic acids is 2. The Bertz CT molecular complexity index is 1120. The first-order valence-corrected chi connectivity index (χ1v) is 9.95. The lowest BCUT2D eigenvalue weighted by molar-refractivity contribution is -0.118. The van der Waals surface area contributed by atoms with Crippen LogP contribution in [0.4, 0.5) is 5.69 Å². The summed E-state index contributed by atoms with van der Waals surface area (Å²) < 4.78 is 5.36. The van der Waals surface area contributed by atoms with Gasteiger partial charge in [0.1, 0.15) is 10.6 Å². The highest BCUT2D eigenvalue weighted by molar-refractivity contribution is 7.12. The first-order chi connectivity index (χ1) is 14.0. The second-order valence-corrected chi connectivity index (χ2v) is 7.63. The molecule has 2 heterocycles. The molecule has 0 saturated carbocycles. The molecule has 0 unspecified atom stereocenters. The lowest BCUT2D eigenvalue weighted by Crippen LogP contribution is -2.25. The Morgan fingerprint density at radius 1 is 1.17 bits per heavy atom. The molecule has 2 amide bonds. The van der Waals surface area contributed by atoms with Crippen LogP contribution in [0.3, 0.4) is 0 Å². The molecule has 1 aliphatic rings. The maximum Gasteiger partial charge on any atom is 0.282 e. The van der Waals surface area contributed by atoms with Crippen LogP contribution in [0, 0.1) is 6.92 Å². The highest BCUT2D eigenvalue weighted by Crippen LogP contribution is 2.30. The van der Waals surface area contributed by atoms with Crippen molar-refractivity contribution in [2.45, 2.75) is 13.8 Å². The second-order valence-electron chi connectivity index (χ2n) is 6.72. The van der Waals surface area contributed by atoms with Gasteiger partial charge in [0.2, 0.25) is 0 Å². The molecule has 2 N–H and O–H groups in total. The molecule has 29 heavy (non-hydrogen) atoms. The van der Waals surface area contributed by atoms with Crippen molar-refractivity contribution in [3.8, 4) is 16.9 Å². The van der Waals surface area contributed by atoms with E-state index in [0.717, 1.165) is 16.7 Å². The Hall–Kier alpha value is -3.45. The maximum absolute atomic E-state index is 12.7. The number of anilines is 1. The third-order valence-electron chi connectivity index (χ3n) is 4.59. The van der Waals surface area contributed by atoms with Crippen LogP contribution in [-0.4, -0.2) is 24.1 Å². The number of thiophene rings is 1. The molecule has 2 aromatic carbocycles. The fourth-order valence-electron chi connectivity index (χ4n) is 3.00. The molecule has 0 fully saturated rings. The number of nitrogens with one attached hydrogen (secondary N) is 2. The third-order valence-corrected chi connectivity index (χ3v) is 5.50. The van der Waals surface area contributed by atoms with Gasteiger partial charge in [0.15, 0.2) is 6.61 Å². The van der Waals surface area contributed by atoms with Crippen molar-refractivity contribution in [1.82, 2.24) is 5.43 Å². The lowest BCUT2D eigenvalue weighted by Gasteiger charge is -2.18. The van der Waals surface area contributed by atoms with Gasteiger partial charge in [0.05, 0.1) is 11.4 Å². The predicted octanol–water partition coefficient (Wildman–Crippen LogP) is 4.21. The van der Waals surface area contributed by atoms with Gasteiger partial charge in [-0.3, -0.25) is 9.59 Å². The zero-order valence-corrected chi connectivity index (χ0v) is 16.8. The van der Waals surface area contributed by atoms with Crippen molar-refractivity contribution >= 4 is 34.6 Å². The van der Waals surface area contributed by atoms with Gasteiger partial charge in [-0.05, 0) is 54.6 Å². The number of carbonyl (C=O) groups is 2. The maximum atomic E-state index is 12.7. The van der Waals surface area contributed by atoms with E-state index >= 15 is 0 Å². The number of hydrogen-bond donors (Lipinski definition) is 2. The van der Waals surface area contributed by atoms with Gasteiger partial charge in [-0.2, -0.15) is 5.10 Å². The van der Waals surface area contributed by atoms with E-state index in [1.54, 1.807) is 19.1 Å². The zero-order valence-electron chi connectivity index (χ0n) is 16.0. The number of amides is 2. The molecule has 0 radical (unpaired) electrons. The van der Waals surface area contributed by atoms with Crippen molar-refractivity contribution in [2.24, 2.45) is 5.10 Å². The highest BCUT2D eigenvalue weighted by atomic mass is 32.1. The van der Waals surface area contributed by atoms with Gasteiger partial charge in [-0.25, -0.2) is 5.43 Å². The molecule has 7 heteroatoms. The summed E-state index contributed by atoms with van der Waals surface area (Å²) in [7, 11) is 0. The Morgan fingerprint density at radius 3 is 2.76 bits per heavy atom. The van der Waals surface area contributed by atoms with Crippen molar-refractivity contribution in [1.29, 1.82) is 0 Å². The van der Waals surface area contributed by atoms with E-state index in [9.17, 15) is 9.59 Å². The fourth-order valence-corrected chi connectivity index (χ4v) is 3.81. The molecule has 3 aromatic rings. The van der Waals surface area contributed by atoms with Crippen LogP contribution >= 0.6 is 11.3 Å². The molecule has 1 aliphatic heterocycles. The molecule has 1 aromatic heterocycles. The number of ether oxygens (including phenoxy) is 1. The number of aryl methyl sites for hydroxylation is 1. The normalized spacial score (nSPS) is 13.3.